The van der Waals surface area contributed by atoms with Gasteiger partial charge < -0.3 is 10.5 Å². The molecule has 3 unspecified atom stereocenters. The summed E-state index contributed by atoms with van der Waals surface area (Å²) in [6.07, 6.45) is 2.56. The van der Waals surface area contributed by atoms with Gasteiger partial charge in [-0.2, -0.15) is 0 Å². The Morgan fingerprint density at radius 3 is 2.89 bits per heavy atom. The first-order chi connectivity index (χ1) is 8.94. The number of carbonyl (C=O) groups excluding carboxylic acids is 1. The molecule has 2 aliphatic heterocycles. The summed E-state index contributed by atoms with van der Waals surface area (Å²) in [4.78, 5) is 16.8. The largest absolute Gasteiger partial charge is 0.465 e. The van der Waals surface area contributed by atoms with Crippen molar-refractivity contribution in [2.75, 3.05) is 32.8 Å². The van der Waals surface area contributed by atoms with Gasteiger partial charge in [0, 0.05) is 31.7 Å². The molecule has 5 heteroatoms. The fourth-order valence-electron chi connectivity index (χ4n) is 3.25. The minimum Gasteiger partial charge on any atom is -0.465 e. The number of carbonyl (C=O) groups is 1. The maximum Gasteiger partial charge on any atom is 0.327 e. The number of hydrogen-bond acceptors (Lipinski definition) is 5. The summed E-state index contributed by atoms with van der Waals surface area (Å²) in [5, 5.41) is 0. The highest BCUT2D eigenvalue weighted by Crippen LogP contribution is 2.25. The Balaban J connectivity index is 1.95. The molecule has 0 saturated carbocycles. The lowest BCUT2D eigenvalue weighted by atomic mass is 10.00. The number of nitrogens with two attached hydrogens (primary N) is 1. The van der Waals surface area contributed by atoms with E-state index in [1.807, 2.05) is 6.92 Å². The molecule has 0 amide bonds. The van der Waals surface area contributed by atoms with Crippen LogP contribution < -0.4 is 5.73 Å². The van der Waals surface area contributed by atoms with E-state index in [0.29, 0.717) is 25.2 Å². The average Bonchev–Trinajstić information content (AvgIpc) is 2.76. The van der Waals surface area contributed by atoms with Crippen molar-refractivity contribution in [3.8, 4) is 0 Å². The first kappa shape index (κ1) is 14.8. The van der Waals surface area contributed by atoms with Crippen LogP contribution in [0.1, 0.15) is 33.6 Å². The lowest BCUT2D eigenvalue weighted by Gasteiger charge is -2.44. The molecule has 0 spiro atoms. The molecular formula is C14H27N3O2. The summed E-state index contributed by atoms with van der Waals surface area (Å²) in [7, 11) is 0. The number of nitrogens with zero attached hydrogens (tertiary/aromatic N) is 2. The van der Waals surface area contributed by atoms with Crippen molar-refractivity contribution >= 4 is 5.97 Å². The van der Waals surface area contributed by atoms with Gasteiger partial charge in [0.1, 0.15) is 5.54 Å². The van der Waals surface area contributed by atoms with Crippen LogP contribution >= 0.6 is 0 Å². The zero-order valence-corrected chi connectivity index (χ0v) is 12.4. The second-order valence-corrected chi connectivity index (χ2v) is 6.21. The Bertz CT molecular complexity index is 333. The first-order valence-electron chi connectivity index (χ1n) is 7.38. The minimum absolute atomic E-state index is 0.295. The molecule has 0 aromatic rings. The fraction of sp³-hybridized carbons (Fsp3) is 0.929. The number of esters is 1. The Labute approximate surface area is 116 Å². The van der Waals surface area contributed by atoms with Gasteiger partial charge in [0.15, 0.2) is 0 Å². The van der Waals surface area contributed by atoms with Gasteiger partial charge >= 0.3 is 5.97 Å². The van der Waals surface area contributed by atoms with Crippen LogP contribution in [0, 0.1) is 0 Å². The van der Waals surface area contributed by atoms with Gasteiger partial charge in [-0.1, -0.05) is 0 Å². The Kier molecular flexibility index (Phi) is 4.48. The van der Waals surface area contributed by atoms with Gasteiger partial charge in [-0.3, -0.25) is 14.6 Å². The lowest BCUT2D eigenvalue weighted by Crippen LogP contribution is -2.62. The maximum absolute atomic E-state index is 11.9. The van der Waals surface area contributed by atoms with Crippen LogP contribution in [0.5, 0.6) is 0 Å². The van der Waals surface area contributed by atoms with Crippen LogP contribution in [0.3, 0.4) is 0 Å². The van der Waals surface area contributed by atoms with Crippen molar-refractivity contribution in [3.05, 3.63) is 0 Å². The summed E-state index contributed by atoms with van der Waals surface area (Å²) >= 11 is 0. The Morgan fingerprint density at radius 2 is 2.21 bits per heavy atom. The monoisotopic (exact) mass is 269 g/mol. The second kappa shape index (κ2) is 5.77. The Morgan fingerprint density at radius 1 is 1.47 bits per heavy atom. The van der Waals surface area contributed by atoms with Crippen LogP contribution in [-0.2, 0) is 9.53 Å². The second-order valence-electron chi connectivity index (χ2n) is 6.21. The van der Waals surface area contributed by atoms with Crippen molar-refractivity contribution in [1.29, 1.82) is 0 Å². The van der Waals surface area contributed by atoms with Crippen LogP contribution in [0.4, 0.5) is 0 Å². The molecule has 110 valence electrons. The summed E-state index contributed by atoms with van der Waals surface area (Å²) in [5.74, 6) is -0.295. The van der Waals surface area contributed by atoms with Crippen molar-refractivity contribution in [2.24, 2.45) is 5.73 Å². The van der Waals surface area contributed by atoms with Crippen LogP contribution in [0.2, 0.25) is 0 Å². The molecular weight excluding hydrogens is 242 g/mol. The molecule has 0 bridgehead atoms. The molecule has 19 heavy (non-hydrogen) atoms. The van der Waals surface area contributed by atoms with E-state index in [1.165, 1.54) is 19.4 Å². The third-order valence-corrected chi connectivity index (χ3v) is 4.34. The van der Waals surface area contributed by atoms with E-state index in [9.17, 15) is 4.79 Å². The highest BCUT2D eigenvalue weighted by Gasteiger charge is 2.39. The van der Waals surface area contributed by atoms with E-state index in [2.05, 4.69) is 16.7 Å². The smallest absolute Gasteiger partial charge is 0.327 e. The topological polar surface area (TPSA) is 58.8 Å². The van der Waals surface area contributed by atoms with Crippen LogP contribution in [-0.4, -0.2) is 66.2 Å². The molecule has 0 radical (unpaired) electrons. The van der Waals surface area contributed by atoms with Crippen LogP contribution in [0.15, 0.2) is 0 Å². The average molecular weight is 269 g/mol. The summed E-state index contributed by atoms with van der Waals surface area (Å²) < 4.78 is 5.07. The summed E-state index contributed by atoms with van der Waals surface area (Å²) in [5.41, 5.74) is 5.24. The third kappa shape index (κ3) is 3.27. The number of rotatable bonds is 4. The van der Waals surface area contributed by atoms with Gasteiger partial charge in [0.25, 0.3) is 0 Å². The highest BCUT2D eigenvalue weighted by molar-refractivity contribution is 5.80. The van der Waals surface area contributed by atoms with E-state index in [0.717, 1.165) is 13.1 Å². The molecule has 2 saturated heterocycles. The van der Waals surface area contributed by atoms with Crippen molar-refractivity contribution in [3.63, 3.8) is 0 Å². The molecule has 2 aliphatic rings. The molecule has 2 heterocycles. The number of fused-ring (bicyclic) bond motifs is 1. The number of ether oxygens (including phenoxy) is 1. The van der Waals surface area contributed by atoms with Gasteiger partial charge in [0.2, 0.25) is 0 Å². The van der Waals surface area contributed by atoms with E-state index < -0.39 is 5.54 Å². The minimum atomic E-state index is -0.912. The first-order valence-corrected chi connectivity index (χ1v) is 7.38. The molecule has 2 N–H and O–H groups in total. The zero-order valence-electron chi connectivity index (χ0n) is 12.4. The fourth-order valence-corrected chi connectivity index (χ4v) is 3.25. The van der Waals surface area contributed by atoms with E-state index in [-0.39, 0.29) is 5.97 Å². The quantitative estimate of drug-likeness (QED) is 0.750. The molecule has 2 fully saturated rings. The van der Waals surface area contributed by atoms with Crippen molar-refractivity contribution in [1.82, 2.24) is 9.80 Å². The van der Waals surface area contributed by atoms with Gasteiger partial charge in [-0.25, -0.2) is 0 Å². The normalized spacial score (nSPS) is 31.8. The van der Waals surface area contributed by atoms with Gasteiger partial charge in [0.05, 0.1) is 6.61 Å². The lowest BCUT2D eigenvalue weighted by molar-refractivity contribution is -0.150. The highest BCUT2D eigenvalue weighted by atomic mass is 16.5. The summed E-state index contributed by atoms with van der Waals surface area (Å²) in [6, 6.07) is 1.10. The molecule has 2 rings (SSSR count). The Hall–Kier alpha value is -0.650. The molecule has 0 aliphatic carbocycles. The molecule has 5 nitrogen and oxygen atoms in total. The summed E-state index contributed by atoms with van der Waals surface area (Å²) in [6.45, 7) is 10.1. The van der Waals surface area contributed by atoms with E-state index in [1.54, 1.807) is 6.92 Å². The van der Waals surface area contributed by atoms with Crippen molar-refractivity contribution < 1.29 is 9.53 Å². The number of hydrogen-bond donors (Lipinski definition) is 1. The SMILES string of the molecule is CCOC(=O)C(C)(N)CN1CC2CCCN2CC1C. The van der Waals surface area contributed by atoms with Crippen LogP contribution in [0.25, 0.3) is 0 Å². The van der Waals surface area contributed by atoms with Gasteiger partial charge in [-0.15, -0.1) is 0 Å². The van der Waals surface area contributed by atoms with Crippen molar-refractivity contribution in [2.45, 2.75) is 51.2 Å². The van der Waals surface area contributed by atoms with E-state index >= 15 is 0 Å². The zero-order chi connectivity index (χ0) is 14.0. The molecule has 0 aromatic heterocycles. The molecule has 3 atom stereocenters. The predicted molar refractivity (Wildman–Crippen MR) is 74.9 cm³/mol. The van der Waals surface area contributed by atoms with Gasteiger partial charge in [-0.05, 0) is 40.2 Å². The number of piperazine rings is 1. The maximum atomic E-state index is 11.9. The standard InChI is InChI=1S/C14H27N3O2/c1-4-19-13(18)14(3,15)10-17-9-12-6-5-7-16(12)8-11(17)2/h11-12H,4-10,15H2,1-3H3. The van der Waals surface area contributed by atoms with E-state index in [4.69, 9.17) is 10.5 Å². The molecule has 0 aromatic carbocycles. The predicted octanol–water partition coefficient (Wildman–Crippen LogP) is 0.435. The third-order valence-electron chi connectivity index (χ3n) is 4.34.